The van der Waals surface area contributed by atoms with Crippen molar-refractivity contribution in [2.45, 2.75) is 6.61 Å². The molecule has 0 saturated carbocycles. The molecule has 0 amide bonds. The third-order valence-electron chi connectivity index (χ3n) is 5.09. The Morgan fingerprint density at radius 3 is 2.53 bits per heavy atom. The SMILES string of the molecule is O=c1cc(-c2cc3ccccc3oc2=O)c2ccc(OCc3c(F)cccc3Cl)cc2o1. The van der Waals surface area contributed by atoms with Crippen LogP contribution in [-0.4, -0.2) is 0 Å². The molecule has 32 heavy (non-hydrogen) atoms. The molecule has 2 aromatic heterocycles. The fourth-order valence-electron chi connectivity index (χ4n) is 3.53. The zero-order valence-electron chi connectivity index (χ0n) is 16.4. The maximum atomic E-state index is 14.0. The molecule has 5 nitrogen and oxygen atoms in total. The van der Waals surface area contributed by atoms with Gasteiger partial charge in [0.15, 0.2) is 0 Å². The van der Waals surface area contributed by atoms with Crippen molar-refractivity contribution in [3.8, 4) is 16.9 Å². The minimum Gasteiger partial charge on any atom is -0.489 e. The summed E-state index contributed by atoms with van der Waals surface area (Å²) in [5.74, 6) is -0.127. The fourth-order valence-corrected chi connectivity index (χ4v) is 3.75. The molecule has 0 aliphatic heterocycles. The number of ether oxygens (including phenoxy) is 1. The first kappa shape index (κ1) is 20.0. The second-order valence-corrected chi connectivity index (χ2v) is 7.52. The van der Waals surface area contributed by atoms with Gasteiger partial charge in [0, 0.05) is 34.0 Å². The summed E-state index contributed by atoms with van der Waals surface area (Å²) in [4.78, 5) is 24.8. The van der Waals surface area contributed by atoms with E-state index in [4.69, 9.17) is 25.2 Å². The molecule has 5 aromatic rings. The molecular formula is C25H14ClFO5. The summed E-state index contributed by atoms with van der Waals surface area (Å²) in [6.07, 6.45) is 0. The molecule has 0 atom stereocenters. The van der Waals surface area contributed by atoms with E-state index in [2.05, 4.69) is 0 Å². The van der Waals surface area contributed by atoms with Gasteiger partial charge in [0.05, 0.1) is 10.6 Å². The molecule has 7 heteroatoms. The summed E-state index contributed by atoms with van der Waals surface area (Å²) in [5, 5.41) is 1.51. The molecule has 0 N–H and O–H groups in total. The maximum Gasteiger partial charge on any atom is 0.344 e. The second-order valence-electron chi connectivity index (χ2n) is 7.11. The Bertz CT molecular complexity index is 1580. The first-order chi connectivity index (χ1) is 15.5. The smallest absolute Gasteiger partial charge is 0.344 e. The zero-order valence-corrected chi connectivity index (χ0v) is 17.2. The highest BCUT2D eigenvalue weighted by Crippen LogP contribution is 2.30. The average molecular weight is 449 g/mol. The third kappa shape index (κ3) is 3.65. The van der Waals surface area contributed by atoms with E-state index in [1.807, 2.05) is 12.1 Å². The first-order valence-corrected chi connectivity index (χ1v) is 10.0. The number of hydrogen-bond donors (Lipinski definition) is 0. The Morgan fingerprint density at radius 1 is 0.844 bits per heavy atom. The third-order valence-corrected chi connectivity index (χ3v) is 5.45. The van der Waals surface area contributed by atoms with Crippen LogP contribution in [0.4, 0.5) is 4.39 Å². The van der Waals surface area contributed by atoms with Gasteiger partial charge in [-0.3, -0.25) is 0 Å². The molecule has 0 unspecified atom stereocenters. The van der Waals surface area contributed by atoms with Crippen LogP contribution < -0.4 is 16.0 Å². The van der Waals surface area contributed by atoms with Gasteiger partial charge >= 0.3 is 11.3 Å². The maximum absolute atomic E-state index is 14.0. The minimum absolute atomic E-state index is 0.102. The Balaban J connectivity index is 1.57. The van der Waals surface area contributed by atoms with Gasteiger partial charge in [-0.2, -0.15) is 0 Å². The summed E-state index contributed by atoms with van der Waals surface area (Å²) < 4.78 is 30.4. The Kier molecular flexibility index (Phi) is 4.99. The quantitative estimate of drug-likeness (QED) is 0.318. The Labute approximate surface area is 185 Å². The highest BCUT2D eigenvalue weighted by molar-refractivity contribution is 6.31. The molecule has 3 aromatic carbocycles. The van der Waals surface area contributed by atoms with Gasteiger partial charge < -0.3 is 13.6 Å². The largest absolute Gasteiger partial charge is 0.489 e. The molecule has 5 rings (SSSR count). The van der Waals surface area contributed by atoms with Crippen LogP contribution in [-0.2, 0) is 6.61 Å². The standard InChI is InChI=1S/C25H14ClFO5/c26-20-5-3-6-21(27)19(20)13-30-15-8-9-16-17(12-24(28)31-23(16)11-15)18-10-14-4-1-2-7-22(14)32-25(18)29/h1-12H,13H2. The fraction of sp³-hybridized carbons (Fsp3) is 0.0400. The Morgan fingerprint density at radius 2 is 1.69 bits per heavy atom. The number of para-hydroxylation sites is 1. The van der Waals surface area contributed by atoms with E-state index in [1.54, 1.807) is 36.4 Å². The zero-order chi connectivity index (χ0) is 22.2. The monoisotopic (exact) mass is 448 g/mol. The van der Waals surface area contributed by atoms with Gasteiger partial charge in [-0.15, -0.1) is 0 Å². The number of hydrogen-bond acceptors (Lipinski definition) is 5. The van der Waals surface area contributed by atoms with Crippen molar-refractivity contribution in [3.63, 3.8) is 0 Å². The number of rotatable bonds is 4. The van der Waals surface area contributed by atoms with Crippen molar-refractivity contribution < 1.29 is 18.0 Å². The van der Waals surface area contributed by atoms with Gasteiger partial charge in [0.1, 0.15) is 29.3 Å². The van der Waals surface area contributed by atoms with Crippen molar-refractivity contribution in [1.82, 2.24) is 0 Å². The highest BCUT2D eigenvalue weighted by Gasteiger charge is 2.15. The van der Waals surface area contributed by atoms with Crippen LogP contribution in [0.2, 0.25) is 5.02 Å². The van der Waals surface area contributed by atoms with Crippen molar-refractivity contribution in [2.75, 3.05) is 0 Å². The molecule has 0 fully saturated rings. The number of halogens is 2. The van der Waals surface area contributed by atoms with Gasteiger partial charge in [-0.1, -0.05) is 35.9 Å². The molecule has 0 bridgehead atoms. The van der Waals surface area contributed by atoms with Crippen LogP contribution in [0.25, 0.3) is 33.1 Å². The topological polar surface area (TPSA) is 69.7 Å². The van der Waals surface area contributed by atoms with Crippen LogP contribution >= 0.6 is 11.6 Å². The van der Waals surface area contributed by atoms with E-state index >= 15 is 0 Å². The minimum atomic E-state index is -0.630. The summed E-state index contributed by atoms with van der Waals surface area (Å²) in [5.41, 5.74) is 0.332. The summed E-state index contributed by atoms with van der Waals surface area (Å²) in [7, 11) is 0. The van der Waals surface area contributed by atoms with Crippen molar-refractivity contribution in [3.05, 3.63) is 110 Å². The molecule has 0 aliphatic rings. The van der Waals surface area contributed by atoms with E-state index in [0.29, 0.717) is 22.3 Å². The molecule has 0 radical (unpaired) electrons. The van der Waals surface area contributed by atoms with Crippen molar-refractivity contribution >= 4 is 33.5 Å². The van der Waals surface area contributed by atoms with E-state index < -0.39 is 17.1 Å². The lowest BCUT2D eigenvalue weighted by Gasteiger charge is -2.10. The first-order valence-electron chi connectivity index (χ1n) is 9.66. The predicted molar refractivity (Wildman–Crippen MR) is 120 cm³/mol. The van der Waals surface area contributed by atoms with Crippen LogP contribution in [0.5, 0.6) is 5.75 Å². The van der Waals surface area contributed by atoms with E-state index in [1.165, 1.54) is 24.3 Å². The van der Waals surface area contributed by atoms with Crippen LogP contribution in [0.3, 0.4) is 0 Å². The lowest BCUT2D eigenvalue weighted by atomic mass is 10.0. The summed E-state index contributed by atoms with van der Waals surface area (Å²) in [6, 6.07) is 19.2. The van der Waals surface area contributed by atoms with Gasteiger partial charge in [0.2, 0.25) is 0 Å². The molecule has 0 spiro atoms. The van der Waals surface area contributed by atoms with Crippen LogP contribution in [0.15, 0.2) is 91.2 Å². The molecular weight excluding hydrogens is 435 g/mol. The highest BCUT2D eigenvalue weighted by atomic mass is 35.5. The van der Waals surface area contributed by atoms with Gasteiger partial charge in [0.25, 0.3) is 0 Å². The van der Waals surface area contributed by atoms with E-state index in [9.17, 15) is 14.0 Å². The summed E-state index contributed by atoms with van der Waals surface area (Å²) in [6.45, 7) is -0.102. The lowest BCUT2D eigenvalue weighted by Crippen LogP contribution is -2.06. The van der Waals surface area contributed by atoms with E-state index in [0.717, 1.165) is 5.39 Å². The molecule has 158 valence electrons. The molecule has 2 heterocycles. The van der Waals surface area contributed by atoms with Gasteiger partial charge in [-0.05, 0) is 36.4 Å². The van der Waals surface area contributed by atoms with Crippen molar-refractivity contribution in [2.24, 2.45) is 0 Å². The molecule has 0 saturated heterocycles. The van der Waals surface area contributed by atoms with Crippen LogP contribution in [0.1, 0.15) is 5.56 Å². The Hall–Kier alpha value is -3.90. The predicted octanol–water partition coefficient (Wildman–Crippen LogP) is 5.94. The normalized spacial score (nSPS) is 11.2. The average Bonchev–Trinajstić information content (AvgIpc) is 2.77. The second kappa shape index (κ2) is 7.98. The van der Waals surface area contributed by atoms with Crippen molar-refractivity contribution in [1.29, 1.82) is 0 Å². The lowest BCUT2D eigenvalue weighted by molar-refractivity contribution is 0.300. The summed E-state index contributed by atoms with van der Waals surface area (Å²) >= 11 is 6.04. The van der Waals surface area contributed by atoms with E-state index in [-0.39, 0.29) is 28.3 Å². The van der Waals surface area contributed by atoms with Gasteiger partial charge in [-0.25, -0.2) is 14.0 Å². The number of benzene rings is 3. The van der Waals surface area contributed by atoms with Crippen LogP contribution in [0, 0.1) is 5.82 Å². The molecule has 0 aliphatic carbocycles. The number of fused-ring (bicyclic) bond motifs is 2.